The van der Waals surface area contributed by atoms with E-state index in [1.54, 1.807) is 0 Å². The quantitative estimate of drug-likeness (QED) is 0.541. The molecule has 0 aliphatic carbocycles. The number of nitrogens with zero attached hydrogens (tertiary/aromatic N) is 1. The maximum absolute atomic E-state index is 3.61. The van der Waals surface area contributed by atoms with Crippen LogP contribution in [0.5, 0.6) is 0 Å². The number of rotatable bonds is 0. The van der Waals surface area contributed by atoms with E-state index >= 15 is 0 Å². The van der Waals surface area contributed by atoms with Gasteiger partial charge >= 0.3 is 0 Å². The van der Waals surface area contributed by atoms with Crippen LogP contribution < -0.4 is 5.32 Å². The van der Waals surface area contributed by atoms with Crippen LogP contribution in [-0.4, -0.2) is 30.6 Å². The van der Waals surface area contributed by atoms with Gasteiger partial charge in [-0.05, 0) is 31.2 Å². The summed E-state index contributed by atoms with van der Waals surface area (Å²) < 4.78 is 0. The molecule has 4 unspecified atom stereocenters. The van der Waals surface area contributed by atoms with Gasteiger partial charge in [0.25, 0.3) is 0 Å². The third kappa shape index (κ3) is 1.00. The van der Waals surface area contributed by atoms with Crippen LogP contribution in [-0.2, 0) is 0 Å². The van der Waals surface area contributed by atoms with Gasteiger partial charge in [-0.2, -0.15) is 0 Å². The maximum atomic E-state index is 3.61. The van der Waals surface area contributed by atoms with Gasteiger partial charge in [0.1, 0.15) is 0 Å². The van der Waals surface area contributed by atoms with Crippen LogP contribution in [0.25, 0.3) is 0 Å². The van der Waals surface area contributed by atoms with Crippen molar-refractivity contribution in [2.24, 2.45) is 11.8 Å². The summed E-state index contributed by atoms with van der Waals surface area (Å²) in [6.07, 6.45) is 2.88. The third-order valence-corrected chi connectivity index (χ3v) is 3.30. The highest BCUT2D eigenvalue weighted by atomic mass is 15.2. The number of hydrogen-bond donors (Lipinski definition) is 1. The molecule has 4 atom stereocenters. The molecule has 11 heavy (non-hydrogen) atoms. The fourth-order valence-corrected chi connectivity index (χ4v) is 2.93. The van der Waals surface area contributed by atoms with Crippen LogP contribution in [0.4, 0.5) is 0 Å². The largest absolute Gasteiger partial charge is 0.312 e. The monoisotopic (exact) mass is 151 g/mol. The van der Waals surface area contributed by atoms with Crippen LogP contribution in [0.1, 0.15) is 12.8 Å². The van der Waals surface area contributed by atoms with Crippen molar-refractivity contribution >= 4 is 0 Å². The van der Waals surface area contributed by atoms with Gasteiger partial charge in [0.15, 0.2) is 0 Å². The maximum Gasteiger partial charge on any atom is 0.0420 e. The molecular weight excluding hydrogens is 136 g/mol. The predicted octanol–water partition coefficient (Wildman–Crippen LogP) is 0.462. The van der Waals surface area contributed by atoms with Crippen LogP contribution in [0.2, 0.25) is 0 Å². The molecule has 4 aliphatic heterocycles. The number of hydrogen-bond acceptors (Lipinski definition) is 2. The molecule has 2 heteroatoms. The van der Waals surface area contributed by atoms with Gasteiger partial charge in [0, 0.05) is 25.7 Å². The lowest BCUT2D eigenvalue weighted by Gasteiger charge is -2.40. The predicted molar refractivity (Wildman–Crippen MR) is 43.9 cm³/mol. The topological polar surface area (TPSA) is 15.3 Å². The zero-order valence-electron chi connectivity index (χ0n) is 6.79. The standard InChI is InChI=1S/C9H15N2/c1-7-2-9-6-11(4-7)5-8(1)3-10-9/h6-10H,1-5H2. The highest BCUT2D eigenvalue weighted by molar-refractivity contribution is 5.00. The van der Waals surface area contributed by atoms with Crippen molar-refractivity contribution in [1.29, 1.82) is 0 Å². The van der Waals surface area contributed by atoms with E-state index in [4.69, 9.17) is 0 Å². The molecule has 4 saturated heterocycles. The molecule has 4 fully saturated rings. The molecule has 4 rings (SSSR count). The Morgan fingerprint density at radius 3 is 3.00 bits per heavy atom. The Morgan fingerprint density at radius 1 is 1.18 bits per heavy atom. The summed E-state index contributed by atoms with van der Waals surface area (Å²) in [7, 11) is 0. The van der Waals surface area contributed by atoms with Crippen molar-refractivity contribution in [3.63, 3.8) is 0 Å². The molecule has 61 valence electrons. The summed E-state index contributed by atoms with van der Waals surface area (Å²) in [6, 6.07) is 0.709. The fourth-order valence-electron chi connectivity index (χ4n) is 2.93. The summed E-state index contributed by atoms with van der Waals surface area (Å²) in [5.41, 5.74) is 0. The van der Waals surface area contributed by atoms with E-state index in [-0.39, 0.29) is 0 Å². The zero-order valence-corrected chi connectivity index (χ0v) is 6.79. The van der Waals surface area contributed by atoms with Gasteiger partial charge < -0.3 is 5.32 Å². The Kier molecular flexibility index (Phi) is 1.29. The van der Waals surface area contributed by atoms with E-state index in [2.05, 4.69) is 16.8 Å². The molecular formula is C9H15N2. The number of fused-ring (bicyclic) bond motifs is 1. The molecule has 0 amide bonds. The molecule has 4 bridgehead atoms. The first-order valence-corrected chi connectivity index (χ1v) is 4.72. The molecule has 4 aliphatic rings. The summed E-state index contributed by atoms with van der Waals surface area (Å²) in [5.74, 6) is 1.94. The Labute approximate surface area is 68.0 Å². The lowest BCUT2D eigenvalue weighted by Crippen LogP contribution is -2.45. The first-order chi connectivity index (χ1) is 5.40. The summed E-state index contributed by atoms with van der Waals surface area (Å²) in [5, 5.41) is 3.61. The second-order valence-corrected chi connectivity index (χ2v) is 4.32. The van der Waals surface area contributed by atoms with Crippen LogP contribution in [0.3, 0.4) is 0 Å². The Morgan fingerprint density at radius 2 is 2.09 bits per heavy atom. The first-order valence-electron chi connectivity index (χ1n) is 4.72. The Hall–Kier alpha value is -0.0800. The molecule has 0 saturated carbocycles. The van der Waals surface area contributed by atoms with E-state index in [0.29, 0.717) is 6.04 Å². The van der Waals surface area contributed by atoms with Crippen LogP contribution in [0, 0.1) is 18.4 Å². The van der Waals surface area contributed by atoms with Gasteiger partial charge in [0.05, 0.1) is 0 Å². The van der Waals surface area contributed by atoms with E-state index in [9.17, 15) is 0 Å². The highest BCUT2D eigenvalue weighted by Crippen LogP contribution is 2.34. The fraction of sp³-hybridized carbons (Fsp3) is 0.889. The van der Waals surface area contributed by atoms with Crippen LogP contribution >= 0.6 is 0 Å². The molecule has 4 heterocycles. The second-order valence-electron chi connectivity index (χ2n) is 4.32. The third-order valence-electron chi connectivity index (χ3n) is 3.30. The summed E-state index contributed by atoms with van der Waals surface area (Å²) in [4.78, 5) is 2.53. The lowest BCUT2D eigenvalue weighted by molar-refractivity contribution is 0.130. The van der Waals surface area contributed by atoms with E-state index in [0.717, 1.165) is 11.8 Å². The van der Waals surface area contributed by atoms with Crippen molar-refractivity contribution in [3.05, 3.63) is 6.54 Å². The van der Waals surface area contributed by atoms with Crippen molar-refractivity contribution in [2.75, 3.05) is 19.6 Å². The van der Waals surface area contributed by atoms with E-state index < -0.39 is 0 Å². The van der Waals surface area contributed by atoms with Gasteiger partial charge in [-0.1, -0.05) is 0 Å². The normalized spacial score (nSPS) is 54.5. The van der Waals surface area contributed by atoms with Gasteiger partial charge in [-0.25, -0.2) is 0 Å². The van der Waals surface area contributed by atoms with Crippen molar-refractivity contribution < 1.29 is 0 Å². The summed E-state index contributed by atoms with van der Waals surface area (Å²) >= 11 is 0. The van der Waals surface area contributed by atoms with Gasteiger partial charge in [-0.15, -0.1) is 0 Å². The first kappa shape index (κ1) is 6.44. The molecule has 0 aromatic rings. The van der Waals surface area contributed by atoms with Crippen molar-refractivity contribution in [3.8, 4) is 0 Å². The van der Waals surface area contributed by atoms with Gasteiger partial charge in [-0.3, -0.25) is 4.90 Å². The molecule has 0 aromatic carbocycles. The average molecular weight is 151 g/mol. The second kappa shape index (κ2) is 2.20. The molecule has 0 aromatic heterocycles. The number of piperidine rings is 2. The average Bonchev–Trinajstić information content (AvgIpc) is 2.18. The number of nitrogens with one attached hydrogen (secondary N) is 1. The molecule has 2 nitrogen and oxygen atoms in total. The minimum absolute atomic E-state index is 0.709. The minimum atomic E-state index is 0.709. The Bertz CT molecular complexity index is 135. The van der Waals surface area contributed by atoms with Crippen molar-refractivity contribution in [1.82, 2.24) is 10.2 Å². The van der Waals surface area contributed by atoms with Crippen molar-refractivity contribution in [2.45, 2.75) is 18.9 Å². The molecule has 1 N–H and O–H groups in total. The van der Waals surface area contributed by atoms with E-state index in [1.807, 2.05) is 0 Å². The van der Waals surface area contributed by atoms with Crippen LogP contribution in [0.15, 0.2) is 0 Å². The Balaban J connectivity index is 1.90. The smallest absolute Gasteiger partial charge is 0.0420 e. The minimum Gasteiger partial charge on any atom is -0.312 e. The zero-order chi connectivity index (χ0) is 7.26. The SMILES string of the molecule is [CH]1C2CC3CC(CN2)CN1C3. The molecule has 1 radical (unpaired) electrons. The summed E-state index contributed by atoms with van der Waals surface area (Å²) in [6.45, 7) is 6.33. The lowest BCUT2D eigenvalue weighted by atomic mass is 9.84. The van der Waals surface area contributed by atoms with E-state index in [1.165, 1.54) is 32.5 Å². The highest BCUT2D eigenvalue weighted by Gasteiger charge is 2.37. The molecule has 0 spiro atoms. The van der Waals surface area contributed by atoms with Gasteiger partial charge in [0.2, 0.25) is 0 Å².